The van der Waals surface area contributed by atoms with Crippen LogP contribution >= 0.6 is 0 Å². The molecule has 4 heteroatoms. The largest absolute Gasteiger partial charge is 0.288 e. The van der Waals surface area contributed by atoms with Crippen molar-refractivity contribution in [1.29, 1.82) is 0 Å². The highest BCUT2D eigenvalue weighted by molar-refractivity contribution is 6.22. The van der Waals surface area contributed by atoms with Crippen LogP contribution in [0.4, 0.5) is 0 Å². The molecule has 0 spiro atoms. The summed E-state index contributed by atoms with van der Waals surface area (Å²) in [7, 11) is 0. The lowest BCUT2D eigenvalue weighted by atomic mass is 9.88. The Balaban J connectivity index is 1.85. The van der Waals surface area contributed by atoms with Crippen molar-refractivity contribution in [2.75, 3.05) is 0 Å². The Morgan fingerprint density at radius 1 is 0.471 bits per heavy atom. The summed E-state index contributed by atoms with van der Waals surface area (Å²) in [6.07, 6.45) is 0. The summed E-state index contributed by atoms with van der Waals surface area (Å²) in [6, 6.07) is 36.9. The molecule has 0 fully saturated rings. The molecule has 0 radical (unpaired) electrons. The average Bonchev–Trinajstić information content (AvgIpc) is 2.93. The predicted molar refractivity (Wildman–Crippen MR) is 133 cm³/mol. The molecule has 0 saturated carbocycles. The highest BCUT2D eigenvalue weighted by Crippen LogP contribution is 2.36. The number of aromatic nitrogens is 2. The third kappa shape index (κ3) is 4.05. The fourth-order valence-electron chi connectivity index (χ4n) is 3.96. The minimum Gasteiger partial charge on any atom is -0.288 e. The Hall–Kier alpha value is -4.70. The number of benzene rings is 4. The van der Waals surface area contributed by atoms with Crippen LogP contribution in [-0.2, 0) is 0 Å². The number of rotatable bonds is 6. The van der Waals surface area contributed by atoms with Gasteiger partial charge in [0.15, 0.2) is 5.78 Å². The Bertz CT molecular complexity index is 1450. The first-order valence-corrected chi connectivity index (χ1v) is 10.9. The van der Waals surface area contributed by atoms with E-state index in [1.165, 1.54) is 0 Å². The van der Waals surface area contributed by atoms with Gasteiger partial charge in [0, 0.05) is 22.3 Å². The van der Waals surface area contributed by atoms with Crippen molar-refractivity contribution in [2.24, 2.45) is 0 Å². The van der Waals surface area contributed by atoms with E-state index in [9.17, 15) is 9.59 Å². The summed E-state index contributed by atoms with van der Waals surface area (Å²) in [5, 5.41) is 8.83. The zero-order chi connectivity index (χ0) is 23.3. The van der Waals surface area contributed by atoms with Crippen LogP contribution in [0.5, 0.6) is 0 Å². The number of carbonyl (C=O) groups is 2. The maximum atomic E-state index is 14.0. The molecule has 0 bridgehead atoms. The third-order valence-corrected chi connectivity index (χ3v) is 5.60. The Morgan fingerprint density at radius 3 is 1.44 bits per heavy atom. The number of hydrogen-bond acceptors (Lipinski definition) is 4. The Kier molecular flexibility index (Phi) is 5.87. The molecular weight excluding hydrogens is 420 g/mol. The van der Waals surface area contributed by atoms with E-state index in [2.05, 4.69) is 10.2 Å². The van der Waals surface area contributed by atoms with Crippen LogP contribution in [0, 0.1) is 0 Å². The molecule has 1 aromatic heterocycles. The highest BCUT2D eigenvalue weighted by Gasteiger charge is 2.28. The van der Waals surface area contributed by atoms with Gasteiger partial charge < -0.3 is 0 Å². The summed E-state index contributed by atoms with van der Waals surface area (Å²) in [5.41, 5.74) is 3.97. The summed E-state index contributed by atoms with van der Waals surface area (Å²) < 4.78 is 0. The topological polar surface area (TPSA) is 59.9 Å². The molecule has 0 aliphatic carbocycles. The van der Waals surface area contributed by atoms with Crippen molar-refractivity contribution in [3.63, 3.8) is 0 Å². The second-order valence-electron chi connectivity index (χ2n) is 7.77. The van der Waals surface area contributed by atoms with Crippen LogP contribution in [0.3, 0.4) is 0 Å². The van der Waals surface area contributed by atoms with E-state index in [0.29, 0.717) is 22.4 Å². The number of nitrogens with zero attached hydrogens (tertiary/aromatic N) is 2. The number of ketones is 2. The van der Waals surface area contributed by atoms with E-state index < -0.39 is 0 Å². The molecule has 34 heavy (non-hydrogen) atoms. The third-order valence-electron chi connectivity index (χ3n) is 5.60. The van der Waals surface area contributed by atoms with Gasteiger partial charge in [0.2, 0.25) is 5.78 Å². The quantitative estimate of drug-likeness (QED) is 0.292. The van der Waals surface area contributed by atoms with Gasteiger partial charge in [0.1, 0.15) is 11.4 Å². The molecule has 4 nitrogen and oxygen atoms in total. The molecule has 0 saturated heterocycles. The minimum atomic E-state index is -0.343. The first-order chi connectivity index (χ1) is 16.7. The normalized spacial score (nSPS) is 10.6. The molecule has 5 rings (SSSR count). The fraction of sp³-hybridized carbons (Fsp3) is 0. The maximum Gasteiger partial charge on any atom is 0.214 e. The highest BCUT2D eigenvalue weighted by atomic mass is 16.1. The second-order valence-corrected chi connectivity index (χ2v) is 7.77. The molecule has 162 valence electrons. The van der Waals surface area contributed by atoms with Crippen molar-refractivity contribution < 1.29 is 9.59 Å². The molecule has 0 N–H and O–H groups in total. The van der Waals surface area contributed by atoms with Gasteiger partial charge in [-0.25, -0.2) is 0 Å². The van der Waals surface area contributed by atoms with Gasteiger partial charge in [0.25, 0.3) is 0 Å². The van der Waals surface area contributed by atoms with Gasteiger partial charge in [-0.1, -0.05) is 121 Å². The van der Waals surface area contributed by atoms with E-state index in [-0.39, 0.29) is 22.8 Å². The fourth-order valence-corrected chi connectivity index (χ4v) is 3.96. The van der Waals surface area contributed by atoms with Gasteiger partial charge in [-0.2, -0.15) is 0 Å². The van der Waals surface area contributed by atoms with Gasteiger partial charge in [-0.3, -0.25) is 9.59 Å². The average molecular weight is 441 g/mol. The first-order valence-electron chi connectivity index (χ1n) is 10.9. The van der Waals surface area contributed by atoms with E-state index in [4.69, 9.17) is 0 Å². The van der Waals surface area contributed by atoms with Crippen LogP contribution in [0.2, 0.25) is 0 Å². The van der Waals surface area contributed by atoms with Crippen LogP contribution in [-0.4, -0.2) is 21.8 Å². The molecule has 5 aromatic rings. The molecule has 0 amide bonds. The van der Waals surface area contributed by atoms with Crippen LogP contribution in [0.25, 0.3) is 22.4 Å². The van der Waals surface area contributed by atoms with Gasteiger partial charge >= 0.3 is 0 Å². The van der Waals surface area contributed by atoms with Gasteiger partial charge in [0.05, 0.1) is 5.56 Å². The predicted octanol–water partition coefficient (Wildman–Crippen LogP) is 6.27. The van der Waals surface area contributed by atoms with Crippen molar-refractivity contribution in [3.8, 4) is 22.4 Å². The minimum absolute atomic E-state index is 0.0404. The van der Waals surface area contributed by atoms with E-state index in [1.807, 2.05) is 72.8 Å². The van der Waals surface area contributed by atoms with E-state index >= 15 is 0 Å². The summed E-state index contributed by atoms with van der Waals surface area (Å²) in [6.45, 7) is 0. The van der Waals surface area contributed by atoms with Crippen molar-refractivity contribution in [1.82, 2.24) is 10.2 Å². The molecular formula is C30H20N2O2. The Morgan fingerprint density at radius 2 is 0.912 bits per heavy atom. The molecule has 0 atom stereocenters. The smallest absolute Gasteiger partial charge is 0.214 e. The van der Waals surface area contributed by atoms with Crippen LogP contribution in [0.1, 0.15) is 32.0 Å². The molecule has 4 aromatic carbocycles. The molecule has 0 unspecified atom stereocenters. The lowest BCUT2D eigenvalue weighted by Crippen LogP contribution is -2.17. The maximum absolute atomic E-state index is 14.0. The van der Waals surface area contributed by atoms with E-state index in [0.717, 1.165) is 11.1 Å². The van der Waals surface area contributed by atoms with Crippen molar-refractivity contribution in [2.45, 2.75) is 0 Å². The van der Waals surface area contributed by atoms with Crippen molar-refractivity contribution in [3.05, 3.63) is 144 Å². The Labute approximate surface area is 197 Å². The van der Waals surface area contributed by atoms with Crippen LogP contribution < -0.4 is 0 Å². The number of hydrogen-bond donors (Lipinski definition) is 0. The standard InChI is InChI=1S/C30H20N2O2/c33-29(23-17-9-3-10-18-23)26-25(21-13-5-1-6-14-21)27(22-15-7-2-8-16-22)31-32-28(26)30(34)24-19-11-4-12-20-24/h1-20H. The summed E-state index contributed by atoms with van der Waals surface area (Å²) in [4.78, 5) is 27.5. The zero-order valence-electron chi connectivity index (χ0n) is 18.3. The monoisotopic (exact) mass is 440 g/mol. The first kappa shape index (κ1) is 21.2. The van der Waals surface area contributed by atoms with Gasteiger partial charge in [-0.15, -0.1) is 10.2 Å². The zero-order valence-corrected chi connectivity index (χ0v) is 18.3. The molecule has 1 heterocycles. The molecule has 0 aliphatic heterocycles. The van der Waals surface area contributed by atoms with Crippen LogP contribution in [0.15, 0.2) is 121 Å². The van der Waals surface area contributed by atoms with Gasteiger partial charge in [-0.05, 0) is 5.56 Å². The molecule has 0 aliphatic rings. The number of carbonyl (C=O) groups excluding carboxylic acids is 2. The lowest BCUT2D eigenvalue weighted by Gasteiger charge is -2.17. The SMILES string of the molecule is O=C(c1ccccc1)c1nnc(-c2ccccc2)c(-c2ccccc2)c1C(=O)c1ccccc1. The summed E-state index contributed by atoms with van der Waals surface area (Å²) in [5.74, 6) is -0.616. The second kappa shape index (κ2) is 9.43. The van der Waals surface area contributed by atoms with E-state index in [1.54, 1.807) is 48.5 Å². The summed E-state index contributed by atoms with van der Waals surface area (Å²) >= 11 is 0. The van der Waals surface area contributed by atoms with Crippen molar-refractivity contribution >= 4 is 11.6 Å². The lowest BCUT2D eigenvalue weighted by molar-refractivity contribution is 0.0999.